The maximum absolute atomic E-state index is 12.9. The molecule has 0 saturated heterocycles. The van der Waals surface area contributed by atoms with Crippen molar-refractivity contribution in [2.75, 3.05) is 13.2 Å². The molecule has 0 aromatic rings. The lowest BCUT2D eigenvalue weighted by molar-refractivity contribution is -0.167. The number of hydrogen-bond donors (Lipinski definition) is 0. The predicted octanol–water partition coefficient (Wildman–Crippen LogP) is 20.6. The van der Waals surface area contributed by atoms with Crippen LogP contribution in [0.5, 0.6) is 0 Å². The van der Waals surface area contributed by atoms with Crippen LogP contribution in [0, 0.1) is 5.92 Å². The van der Waals surface area contributed by atoms with Crippen molar-refractivity contribution in [1.29, 1.82) is 0 Å². The summed E-state index contributed by atoms with van der Waals surface area (Å²) in [5.74, 6) is -0.00671. The van der Waals surface area contributed by atoms with Crippen LogP contribution in [0.4, 0.5) is 0 Å². The molecule has 0 unspecified atom stereocenters. The molecule has 0 aliphatic rings. The summed E-state index contributed by atoms with van der Waals surface area (Å²) in [5, 5.41) is 0. The number of unbranched alkanes of at least 4 members (excludes halogenated alkanes) is 44. The van der Waals surface area contributed by atoms with Crippen molar-refractivity contribution < 1.29 is 28.6 Å². The summed E-state index contributed by atoms with van der Waals surface area (Å²) in [6, 6.07) is 0. The Balaban J connectivity index is 4.26. The Labute approximate surface area is 425 Å². The Kier molecular flexibility index (Phi) is 55.0. The monoisotopic (exact) mass is 961 g/mol. The minimum absolute atomic E-state index is 0.0617. The van der Waals surface area contributed by atoms with Crippen LogP contribution in [0.1, 0.15) is 355 Å². The third kappa shape index (κ3) is 55.3. The Morgan fingerprint density at radius 1 is 0.279 bits per heavy atom. The fourth-order valence-corrected chi connectivity index (χ4v) is 9.63. The van der Waals surface area contributed by atoms with Gasteiger partial charge in [-0.25, -0.2) is 0 Å². The van der Waals surface area contributed by atoms with Crippen molar-refractivity contribution in [3.05, 3.63) is 0 Å². The first-order valence-corrected chi connectivity index (χ1v) is 30.9. The highest BCUT2D eigenvalue weighted by Gasteiger charge is 2.19. The third-order valence-corrected chi connectivity index (χ3v) is 14.3. The minimum Gasteiger partial charge on any atom is -0.462 e. The van der Waals surface area contributed by atoms with Crippen molar-refractivity contribution >= 4 is 17.9 Å². The van der Waals surface area contributed by atoms with Crippen molar-refractivity contribution in [2.24, 2.45) is 5.92 Å². The molecule has 0 amide bonds. The van der Waals surface area contributed by atoms with Gasteiger partial charge in [-0.1, -0.05) is 317 Å². The maximum Gasteiger partial charge on any atom is 0.306 e. The zero-order valence-electron chi connectivity index (χ0n) is 46.6. The van der Waals surface area contributed by atoms with Crippen LogP contribution in [0.25, 0.3) is 0 Å². The topological polar surface area (TPSA) is 78.9 Å². The number of carbonyl (C=O) groups is 3. The number of rotatable bonds is 57. The van der Waals surface area contributed by atoms with E-state index in [-0.39, 0.29) is 31.1 Å². The lowest BCUT2D eigenvalue weighted by atomic mass is 10.0. The zero-order chi connectivity index (χ0) is 49.5. The van der Waals surface area contributed by atoms with E-state index < -0.39 is 6.10 Å². The predicted molar refractivity (Wildman–Crippen MR) is 293 cm³/mol. The first-order chi connectivity index (χ1) is 33.4. The summed E-state index contributed by atoms with van der Waals surface area (Å²) in [7, 11) is 0. The van der Waals surface area contributed by atoms with Crippen molar-refractivity contribution in [3.8, 4) is 0 Å². The molecule has 0 fully saturated rings. The smallest absolute Gasteiger partial charge is 0.306 e. The van der Waals surface area contributed by atoms with Crippen molar-refractivity contribution in [2.45, 2.75) is 361 Å². The summed E-state index contributed by atoms with van der Waals surface area (Å²) in [6.07, 6.45) is 62.4. The van der Waals surface area contributed by atoms with Gasteiger partial charge in [0.15, 0.2) is 6.10 Å². The molecule has 0 N–H and O–H groups in total. The molecule has 0 aromatic heterocycles. The van der Waals surface area contributed by atoms with Crippen LogP contribution in [-0.2, 0) is 28.6 Å². The molecule has 6 nitrogen and oxygen atoms in total. The summed E-state index contributed by atoms with van der Waals surface area (Å²) in [5.41, 5.74) is 0. The number of carbonyl (C=O) groups excluding carboxylic acids is 3. The van der Waals surface area contributed by atoms with Gasteiger partial charge in [0.05, 0.1) is 0 Å². The summed E-state index contributed by atoms with van der Waals surface area (Å²) in [6.45, 7) is 9.07. The molecule has 0 rings (SSSR count). The lowest BCUT2D eigenvalue weighted by Gasteiger charge is -2.18. The van der Waals surface area contributed by atoms with Gasteiger partial charge in [-0.3, -0.25) is 14.4 Å². The van der Waals surface area contributed by atoms with Crippen LogP contribution in [0.15, 0.2) is 0 Å². The van der Waals surface area contributed by atoms with E-state index in [4.69, 9.17) is 14.2 Å². The molecule has 0 spiro atoms. The molecule has 404 valence electrons. The van der Waals surface area contributed by atoms with E-state index in [9.17, 15) is 14.4 Å². The molecule has 0 aliphatic heterocycles. The van der Waals surface area contributed by atoms with Gasteiger partial charge in [-0.2, -0.15) is 0 Å². The van der Waals surface area contributed by atoms with E-state index in [1.165, 1.54) is 250 Å². The van der Waals surface area contributed by atoms with E-state index in [0.29, 0.717) is 19.3 Å². The Morgan fingerprint density at radius 2 is 0.485 bits per heavy atom. The molecular weight excluding hydrogens is 841 g/mol. The van der Waals surface area contributed by atoms with E-state index in [0.717, 1.165) is 63.7 Å². The van der Waals surface area contributed by atoms with Gasteiger partial charge in [0.2, 0.25) is 0 Å². The fraction of sp³-hybridized carbons (Fsp3) is 0.952. The van der Waals surface area contributed by atoms with Gasteiger partial charge < -0.3 is 14.2 Å². The second-order valence-electron chi connectivity index (χ2n) is 21.8. The van der Waals surface area contributed by atoms with Crippen LogP contribution < -0.4 is 0 Å². The second-order valence-corrected chi connectivity index (χ2v) is 21.8. The summed E-state index contributed by atoms with van der Waals surface area (Å²) >= 11 is 0. The second kappa shape index (κ2) is 56.3. The first kappa shape index (κ1) is 66.4. The number of ether oxygens (including phenoxy) is 3. The van der Waals surface area contributed by atoms with Gasteiger partial charge in [0, 0.05) is 19.3 Å². The Morgan fingerprint density at radius 3 is 0.721 bits per heavy atom. The summed E-state index contributed by atoms with van der Waals surface area (Å²) in [4.78, 5) is 38.2. The zero-order valence-corrected chi connectivity index (χ0v) is 46.6. The quantitative estimate of drug-likeness (QED) is 0.0343. The molecule has 0 aliphatic carbocycles. The number of esters is 3. The van der Waals surface area contributed by atoms with Gasteiger partial charge in [-0.05, 0) is 25.2 Å². The molecule has 1 atom stereocenters. The van der Waals surface area contributed by atoms with E-state index >= 15 is 0 Å². The SMILES string of the molecule is CCCCCCCCCCCCCCCCCCCCCC(=O)OC[C@H](COC(=O)CCCCCCCCCCCCCCCCCCC)OC(=O)CCCCCCCCCCCCCC(C)C. The van der Waals surface area contributed by atoms with Crippen molar-refractivity contribution in [3.63, 3.8) is 0 Å². The molecular formula is C62H120O6. The minimum atomic E-state index is -0.763. The molecule has 6 heteroatoms. The van der Waals surface area contributed by atoms with Crippen LogP contribution in [-0.4, -0.2) is 37.2 Å². The molecule has 0 bridgehead atoms. The normalized spacial score (nSPS) is 12.0. The van der Waals surface area contributed by atoms with E-state index in [2.05, 4.69) is 27.7 Å². The average molecular weight is 962 g/mol. The van der Waals surface area contributed by atoms with E-state index in [1.54, 1.807) is 0 Å². The molecule has 68 heavy (non-hydrogen) atoms. The Hall–Kier alpha value is -1.59. The third-order valence-electron chi connectivity index (χ3n) is 14.3. The average Bonchev–Trinajstić information content (AvgIpc) is 3.32. The Bertz CT molecular complexity index is 1030. The van der Waals surface area contributed by atoms with Gasteiger partial charge in [0.25, 0.3) is 0 Å². The first-order valence-electron chi connectivity index (χ1n) is 30.9. The van der Waals surface area contributed by atoms with E-state index in [1.807, 2.05) is 0 Å². The van der Waals surface area contributed by atoms with Crippen molar-refractivity contribution in [1.82, 2.24) is 0 Å². The standard InChI is InChI=1S/C62H120O6/c1-5-7-9-11-13-15-17-19-21-23-24-26-28-30-34-38-42-46-50-54-61(64)67-57-59(68-62(65)55-51-47-43-39-35-31-32-36-40-44-48-52-58(3)4)56-66-60(63)53-49-45-41-37-33-29-27-25-22-20-18-16-14-12-10-8-6-2/h58-59H,5-57H2,1-4H3/t59-/m0/s1. The maximum atomic E-state index is 12.9. The highest BCUT2D eigenvalue weighted by Crippen LogP contribution is 2.18. The molecule has 0 radical (unpaired) electrons. The van der Waals surface area contributed by atoms with Crippen LogP contribution >= 0.6 is 0 Å². The highest BCUT2D eigenvalue weighted by atomic mass is 16.6. The highest BCUT2D eigenvalue weighted by molar-refractivity contribution is 5.71. The fourth-order valence-electron chi connectivity index (χ4n) is 9.63. The van der Waals surface area contributed by atoms with Gasteiger partial charge in [-0.15, -0.1) is 0 Å². The van der Waals surface area contributed by atoms with Gasteiger partial charge >= 0.3 is 17.9 Å². The van der Waals surface area contributed by atoms with Gasteiger partial charge in [0.1, 0.15) is 13.2 Å². The largest absolute Gasteiger partial charge is 0.462 e. The lowest BCUT2D eigenvalue weighted by Crippen LogP contribution is -2.30. The molecule has 0 heterocycles. The van der Waals surface area contributed by atoms with Crippen LogP contribution in [0.3, 0.4) is 0 Å². The van der Waals surface area contributed by atoms with Crippen LogP contribution in [0.2, 0.25) is 0 Å². The number of hydrogen-bond acceptors (Lipinski definition) is 6. The molecule has 0 saturated carbocycles. The molecule has 0 aromatic carbocycles. The summed E-state index contributed by atoms with van der Waals surface area (Å²) < 4.78 is 16.9.